The van der Waals surface area contributed by atoms with Gasteiger partial charge in [-0.1, -0.05) is 34.5 Å². The maximum atomic E-state index is 12.9. The summed E-state index contributed by atoms with van der Waals surface area (Å²) >= 11 is 12.7. The highest BCUT2D eigenvalue weighted by molar-refractivity contribution is 7.12. The molecule has 2 aromatic heterocycles. The monoisotopic (exact) mass is 435 g/mol. The Labute approximate surface area is 162 Å². The summed E-state index contributed by atoms with van der Waals surface area (Å²) in [5, 5.41) is 22.5. The first-order valence-electron chi connectivity index (χ1n) is 6.90. The Morgan fingerprint density at radius 2 is 1.85 bits per heavy atom. The first-order chi connectivity index (χ1) is 12.6. The molecule has 0 saturated heterocycles. The Morgan fingerprint density at radius 1 is 1.22 bits per heavy atom. The van der Waals surface area contributed by atoms with E-state index >= 15 is 0 Å². The number of rotatable bonds is 3. The lowest BCUT2D eigenvalue weighted by molar-refractivity contribution is -0.389. The molecule has 0 radical (unpaired) electrons. The zero-order chi connectivity index (χ0) is 19.9. The van der Waals surface area contributed by atoms with Crippen molar-refractivity contribution in [1.82, 2.24) is 14.8 Å². The fourth-order valence-corrected chi connectivity index (χ4v) is 3.56. The van der Waals surface area contributed by atoms with Gasteiger partial charge in [-0.2, -0.15) is 18.3 Å². The molecule has 0 aliphatic carbocycles. The number of pyridine rings is 1. The number of aromatic nitrogens is 3. The molecule has 0 atom stereocenters. The molecule has 0 aliphatic heterocycles. The molecule has 2 heterocycles. The lowest BCUT2D eigenvalue weighted by Crippen LogP contribution is -2.14. The van der Waals surface area contributed by atoms with Crippen LogP contribution in [0.2, 0.25) is 10.0 Å². The molecule has 0 spiro atoms. The second-order valence-electron chi connectivity index (χ2n) is 5.07. The van der Waals surface area contributed by atoms with Crippen LogP contribution in [-0.4, -0.2) is 19.7 Å². The van der Waals surface area contributed by atoms with Crippen LogP contribution < -0.4 is 4.80 Å². The summed E-state index contributed by atoms with van der Waals surface area (Å²) in [6, 6.07) is 3.99. The highest BCUT2D eigenvalue weighted by Gasteiger charge is 2.32. The zero-order valence-corrected chi connectivity index (χ0v) is 15.1. The van der Waals surface area contributed by atoms with Crippen molar-refractivity contribution in [2.24, 2.45) is 0 Å². The van der Waals surface area contributed by atoms with Crippen molar-refractivity contribution in [3.63, 3.8) is 0 Å². The minimum atomic E-state index is -4.64. The molecule has 3 aromatic rings. The Morgan fingerprint density at radius 3 is 2.41 bits per heavy atom. The third-order valence-corrected chi connectivity index (χ3v) is 4.77. The summed E-state index contributed by atoms with van der Waals surface area (Å²) in [6.07, 6.45) is -3.43. The number of hydrogen-bond acceptors (Lipinski definition) is 6. The van der Waals surface area contributed by atoms with Crippen LogP contribution >= 0.6 is 34.5 Å². The van der Waals surface area contributed by atoms with Crippen molar-refractivity contribution >= 4 is 40.4 Å². The number of halogens is 5. The average Bonchev–Trinajstić information content (AvgIpc) is 2.95. The molecule has 140 valence electrons. The van der Waals surface area contributed by atoms with Gasteiger partial charge in [-0.3, -0.25) is 5.41 Å². The van der Waals surface area contributed by atoms with Crippen molar-refractivity contribution in [2.45, 2.75) is 6.18 Å². The Hall–Kier alpha value is -2.50. The third-order valence-electron chi connectivity index (χ3n) is 3.31. The van der Waals surface area contributed by atoms with Crippen LogP contribution in [0.25, 0.3) is 16.3 Å². The van der Waals surface area contributed by atoms with Gasteiger partial charge in [0.15, 0.2) is 0 Å². The molecule has 3 rings (SSSR count). The van der Waals surface area contributed by atoms with Gasteiger partial charge in [-0.05, 0) is 28.1 Å². The number of nitro groups is 1. The number of nitrogens with zero attached hydrogens (tertiary/aromatic N) is 4. The molecular formula is C14H6Cl2F3N5O2S. The molecule has 1 N–H and O–H groups in total. The molecule has 0 amide bonds. The van der Waals surface area contributed by atoms with E-state index in [-0.39, 0.29) is 25.5 Å². The largest absolute Gasteiger partial charge is 0.416 e. The van der Waals surface area contributed by atoms with Crippen molar-refractivity contribution in [3.05, 3.63) is 61.0 Å². The van der Waals surface area contributed by atoms with Gasteiger partial charge in [-0.25, -0.2) is 4.68 Å². The SMILES string of the molecule is N=c1sc(-c2ccnc([N+](=O)[O-])c2)nn1-c1c(Cl)cc(C(F)(F)F)cc1Cl. The first-order valence-corrected chi connectivity index (χ1v) is 8.47. The Bertz CT molecular complexity index is 1090. The van der Waals surface area contributed by atoms with Gasteiger partial charge in [0, 0.05) is 11.6 Å². The van der Waals surface area contributed by atoms with Crippen LogP contribution in [0.3, 0.4) is 0 Å². The van der Waals surface area contributed by atoms with Gasteiger partial charge in [0.25, 0.3) is 0 Å². The molecule has 1 aromatic carbocycles. The van der Waals surface area contributed by atoms with Gasteiger partial charge < -0.3 is 10.1 Å². The minimum absolute atomic E-state index is 0.0950. The minimum Gasteiger partial charge on any atom is -0.358 e. The molecular weight excluding hydrogens is 430 g/mol. The van der Waals surface area contributed by atoms with Crippen molar-refractivity contribution < 1.29 is 18.1 Å². The predicted molar refractivity (Wildman–Crippen MR) is 92.2 cm³/mol. The van der Waals surface area contributed by atoms with Crippen molar-refractivity contribution in [3.8, 4) is 16.3 Å². The summed E-state index contributed by atoms with van der Waals surface area (Å²) in [6.45, 7) is 0. The van der Waals surface area contributed by atoms with E-state index in [2.05, 4.69) is 10.1 Å². The van der Waals surface area contributed by atoms with Gasteiger partial charge >= 0.3 is 12.0 Å². The van der Waals surface area contributed by atoms with E-state index in [0.29, 0.717) is 17.7 Å². The molecule has 0 fully saturated rings. The molecule has 13 heteroatoms. The molecule has 0 bridgehead atoms. The first kappa shape index (κ1) is 19.3. The fraction of sp³-hybridized carbons (Fsp3) is 0.0714. The standard InChI is InChI=1S/C14H6Cl2F3N5O2S/c15-8-4-7(14(17,18)19)5-9(16)11(8)23-13(20)27-12(22-23)6-1-2-21-10(3-6)24(25)26/h1-5,20H. The summed E-state index contributed by atoms with van der Waals surface area (Å²) in [4.78, 5) is 13.6. The number of hydrogen-bond donors (Lipinski definition) is 1. The highest BCUT2D eigenvalue weighted by Crippen LogP contribution is 2.37. The molecule has 7 nitrogen and oxygen atoms in total. The van der Waals surface area contributed by atoms with Crippen molar-refractivity contribution in [1.29, 1.82) is 5.41 Å². The van der Waals surface area contributed by atoms with Gasteiger partial charge in [0.05, 0.1) is 15.6 Å². The van der Waals surface area contributed by atoms with E-state index in [0.717, 1.165) is 16.0 Å². The van der Waals surface area contributed by atoms with Crippen LogP contribution in [0.1, 0.15) is 5.56 Å². The summed E-state index contributed by atoms with van der Waals surface area (Å²) < 4.78 is 39.5. The molecule has 27 heavy (non-hydrogen) atoms. The topological polar surface area (TPSA) is 97.7 Å². The van der Waals surface area contributed by atoms with Crippen molar-refractivity contribution in [2.75, 3.05) is 0 Å². The Balaban J connectivity index is 2.12. The smallest absolute Gasteiger partial charge is 0.358 e. The van der Waals surface area contributed by atoms with E-state index in [1.807, 2.05) is 0 Å². The van der Waals surface area contributed by atoms with Gasteiger partial charge in [0.2, 0.25) is 4.80 Å². The Kier molecular flexibility index (Phi) is 4.93. The summed E-state index contributed by atoms with van der Waals surface area (Å²) in [5.74, 6) is -0.411. The van der Waals surface area contributed by atoms with Crippen LogP contribution in [0, 0.1) is 15.5 Å². The van der Waals surface area contributed by atoms with E-state index in [1.54, 1.807) is 0 Å². The molecule has 0 unspecified atom stereocenters. The number of benzene rings is 1. The van der Waals surface area contributed by atoms with E-state index < -0.39 is 22.5 Å². The highest BCUT2D eigenvalue weighted by atomic mass is 35.5. The zero-order valence-electron chi connectivity index (χ0n) is 12.8. The fourth-order valence-electron chi connectivity index (χ4n) is 2.14. The second kappa shape index (κ2) is 6.91. The maximum absolute atomic E-state index is 12.9. The second-order valence-corrected chi connectivity index (χ2v) is 6.86. The van der Waals surface area contributed by atoms with Gasteiger partial charge in [0.1, 0.15) is 16.9 Å². The maximum Gasteiger partial charge on any atom is 0.416 e. The lowest BCUT2D eigenvalue weighted by atomic mass is 10.2. The van der Waals surface area contributed by atoms with E-state index in [9.17, 15) is 23.3 Å². The molecule has 0 aliphatic rings. The normalized spacial score (nSPS) is 11.6. The van der Waals surface area contributed by atoms with Crippen LogP contribution in [-0.2, 0) is 6.18 Å². The lowest BCUT2D eigenvalue weighted by Gasteiger charge is -2.12. The summed E-state index contributed by atoms with van der Waals surface area (Å²) in [5.41, 5.74) is -0.816. The molecule has 0 saturated carbocycles. The van der Waals surface area contributed by atoms with Gasteiger partial charge in [-0.15, -0.1) is 0 Å². The van der Waals surface area contributed by atoms with Crippen LogP contribution in [0.5, 0.6) is 0 Å². The van der Waals surface area contributed by atoms with Crippen LogP contribution in [0.15, 0.2) is 30.5 Å². The summed E-state index contributed by atoms with van der Waals surface area (Å²) in [7, 11) is 0. The van der Waals surface area contributed by atoms with Crippen LogP contribution in [0.4, 0.5) is 19.0 Å². The number of nitrogens with one attached hydrogen (secondary N) is 1. The quantitative estimate of drug-likeness (QED) is 0.475. The predicted octanol–water partition coefficient (Wildman–Crippen LogP) is 4.71. The van der Waals surface area contributed by atoms with E-state index in [1.165, 1.54) is 18.3 Å². The van der Waals surface area contributed by atoms with E-state index in [4.69, 9.17) is 28.6 Å². The third kappa shape index (κ3) is 3.80. The number of alkyl halides is 3. The average molecular weight is 436 g/mol.